The topological polar surface area (TPSA) is 81.7 Å². The summed E-state index contributed by atoms with van der Waals surface area (Å²) in [5.74, 6) is -1.78. The van der Waals surface area contributed by atoms with Crippen molar-refractivity contribution in [3.05, 3.63) is 29.8 Å². The summed E-state index contributed by atoms with van der Waals surface area (Å²) in [6, 6.07) is 5.49. The number of carbonyl (C=O) groups excluding carboxylic acids is 3. The lowest BCUT2D eigenvalue weighted by atomic mass is 10.1. The fourth-order valence-electron chi connectivity index (χ4n) is 1.70. The lowest BCUT2D eigenvalue weighted by Gasteiger charge is -2.22. The molecule has 0 saturated carbocycles. The first kappa shape index (κ1) is 19.0. The summed E-state index contributed by atoms with van der Waals surface area (Å²) in [4.78, 5) is 35.2. The quantitative estimate of drug-likeness (QED) is 0.487. The average Bonchev–Trinajstić information content (AvgIpc) is 2.43. The highest BCUT2D eigenvalue weighted by atomic mass is 32.1. The van der Waals surface area contributed by atoms with Crippen LogP contribution >= 0.6 is 12.6 Å². The van der Waals surface area contributed by atoms with Gasteiger partial charge in [0.1, 0.15) is 23.0 Å². The molecule has 1 N–H and O–H groups in total. The second-order valence-electron chi connectivity index (χ2n) is 5.85. The molecule has 0 fully saturated rings. The SMILES string of the molecule is CC(=O)NC(CS)C(=O)OC(=O)c1ccccc1OC(C)(C)C. The number of nitrogens with one attached hydrogen (secondary N) is 1. The van der Waals surface area contributed by atoms with Crippen LogP contribution in [0, 0.1) is 0 Å². The molecule has 0 saturated heterocycles. The zero-order valence-electron chi connectivity index (χ0n) is 13.6. The Kier molecular flexibility index (Phi) is 6.62. The van der Waals surface area contributed by atoms with E-state index < -0.39 is 29.5 Å². The molecule has 23 heavy (non-hydrogen) atoms. The van der Waals surface area contributed by atoms with E-state index in [2.05, 4.69) is 17.9 Å². The third-order valence-corrected chi connectivity index (χ3v) is 2.93. The van der Waals surface area contributed by atoms with E-state index >= 15 is 0 Å². The first-order chi connectivity index (χ1) is 10.6. The summed E-state index contributed by atoms with van der Waals surface area (Å²) in [5.41, 5.74) is -0.374. The van der Waals surface area contributed by atoms with Crippen molar-refractivity contribution in [3.8, 4) is 5.75 Å². The summed E-state index contributed by atoms with van der Waals surface area (Å²) in [6.07, 6.45) is 0. The number of hydrogen-bond acceptors (Lipinski definition) is 6. The van der Waals surface area contributed by atoms with Gasteiger partial charge in [0.05, 0.1) is 0 Å². The van der Waals surface area contributed by atoms with E-state index in [9.17, 15) is 14.4 Å². The van der Waals surface area contributed by atoms with Crippen LogP contribution in [0.1, 0.15) is 38.1 Å². The number of benzene rings is 1. The van der Waals surface area contributed by atoms with Crippen LogP contribution in [0.2, 0.25) is 0 Å². The largest absolute Gasteiger partial charge is 0.487 e. The van der Waals surface area contributed by atoms with Gasteiger partial charge in [-0.3, -0.25) is 4.79 Å². The van der Waals surface area contributed by atoms with Gasteiger partial charge in [-0.05, 0) is 32.9 Å². The summed E-state index contributed by atoms with van der Waals surface area (Å²) in [5, 5.41) is 2.37. The van der Waals surface area contributed by atoms with Crippen molar-refractivity contribution >= 4 is 30.5 Å². The zero-order valence-corrected chi connectivity index (χ0v) is 14.5. The van der Waals surface area contributed by atoms with Gasteiger partial charge in [-0.25, -0.2) is 9.59 Å². The van der Waals surface area contributed by atoms with E-state index in [0.717, 1.165) is 0 Å². The number of rotatable bonds is 5. The van der Waals surface area contributed by atoms with Gasteiger partial charge in [0.15, 0.2) is 0 Å². The van der Waals surface area contributed by atoms with Gasteiger partial charge in [0.25, 0.3) is 0 Å². The zero-order chi connectivity index (χ0) is 17.6. The Labute approximate surface area is 140 Å². The summed E-state index contributed by atoms with van der Waals surface area (Å²) >= 11 is 3.96. The standard InChI is InChI=1S/C16H21NO5S/c1-10(18)17-12(9-23)15(20)21-14(19)11-7-5-6-8-13(11)22-16(2,3)4/h5-8,12,23H,9H2,1-4H3,(H,17,18). The molecule has 0 aliphatic carbocycles. The van der Waals surface area contributed by atoms with Crippen LogP contribution in [0.25, 0.3) is 0 Å². The normalized spacial score (nSPS) is 12.2. The molecule has 1 aromatic carbocycles. The molecule has 0 aliphatic heterocycles. The van der Waals surface area contributed by atoms with Crippen LogP contribution in [0.15, 0.2) is 24.3 Å². The molecular formula is C16H21NO5S. The molecule has 0 bridgehead atoms. The van der Waals surface area contributed by atoms with E-state index in [-0.39, 0.29) is 11.3 Å². The molecule has 1 aromatic rings. The molecular weight excluding hydrogens is 318 g/mol. The Morgan fingerprint density at radius 2 is 1.83 bits per heavy atom. The molecule has 0 heterocycles. The Bertz CT molecular complexity index is 594. The van der Waals surface area contributed by atoms with Gasteiger partial charge in [-0.1, -0.05) is 12.1 Å². The number of amides is 1. The maximum atomic E-state index is 12.2. The molecule has 0 aliphatic rings. The van der Waals surface area contributed by atoms with E-state index in [4.69, 9.17) is 9.47 Å². The first-order valence-electron chi connectivity index (χ1n) is 7.06. The molecule has 126 valence electrons. The molecule has 1 amide bonds. The van der Waals surface area contributed by atoms with Crippen molar-refractivity contribution in [2.75, 3.05) is 5.75 Å². The number of hydrogen-bond donors (Lipinski definition) is 2. The van der Waals surface area contributed by atoms with Crippen LogP contribution in [-0.2, 0) is 14.3 Å². The minimum absolute atomic E-state index is 0.0197. The third kappa shape index (κ3) is 6.32. The van der Waals surface area contributed by atoms with E-state index in [0.29, 0.717) is 5.75 Å². The molecule has 0 aromatic heterocycles. The van der Waals surface area contributed by atoms with Gasteiger partial charge >= 0.3 is 11.9 Å². The fraction of sp³-hybridized carbons (Fsp3) is 0.438. The smallest absolute Gasteiger partial charge is 0.349 e. The second kappa shape index (κ2) is 8.01. The molecule has 0 spiro atoms. The van der Waals surface area contributed by atoms with Crippen LogP contribution in [0.5, 0.6) is 5.75 Å². The van der Waals surface area contributed by atoms with E-state index in [1.54, 1.807) is 18.2 Å². The number of thiol groups is 1. The number of ether oxygens (including phenoxy) is 2. The first-order valence-corrected chi connectivity index (χ1v) is 7.69. The van der Waals surface area contributed by atoms with Crippen LogP contribution < -0.4 is 10.1 Å². The second-order valence-corrected chi connectivity index (χ2v) is 6.22. The molecule has 1 rings (SSSR count). The number of carbonyl (C=O) groups is 3. The van der Waals surface area contributed by atoms with Gasteiger partial charge in [-0.15, -0.1) is 0 Å². The van der Waals surface area contributed by atoms with Crippen molar-refractivity contribution in [2.45, 2.75) is 39.3 Å². The molecule has 1 unspecified atom stereocenters. The summed E-state index contributed by atoms with van der Waals surface area (Å²) in [6.45, 7) is 6.79. The molecule has 6 nitrogen and oxygen atoms in total. The highest BCUT2D eigenvalue weighted by Crippen LogP contribution is 2.23. The Hall–Kier alpha value is -2.02. The Morgan fingerprint density at radius 1 is 1.22 bits per heavy atom. The van der Waals surface area contributed by atoms with Gasteiger partial charge in [0.2, 0.25) is 5.91 Å². The summed E-state index contributed by atoms with van der Waals surface area (Å²) in [7, 11) is 0. The highest BCUT2D eigenvalue weighted by molar-refractivity contribution is 7.80. The highest BCUT2D eigenvalue weighted by Gasteiger charge is 2.25. The number of para-hydroxylation sites is 1. The van der Waals surface area contributed by atoms with Crippen molar-refractivity contribution in [1.29, 1.82) is 0 Å². The molecule has 1 atom stereocenters. The maximum absolute atomic E-state index is 12.2. The monoisotopic (exact) mass is 339 g/mol. The van der Waals surface area contributed by atoms with Gasteiger partial charge in [-0.2, -0.15) is 12.6 Å². The van der Waals surface area contributed by atoms with Crippen LogP contribution in [0.4, 0.5) is 0 Å². The molecule has 7 heteroatoms. The van der Waals surface area contributed by atoms with E-state index in [1.807, 2.05) is 20.8 Å². The Balaban J connectivity index is 2.90. The lowest BCUT2D eigenvalue weighted by Crippen LogP contribution is -2.42. The van der Waals surface area contributed by atoms with Crippen LogP contribution in [0.3, 0.4) is 0 Å². The van der Waals surface area contributed by atoms with E-state index in [1.165, 1.54) is 13.0 Å². The van der Waals surface area contributed by atoms with Crippen LogP contribution in [-0.4, -0.2) is 35.2 Å². The maximum Gasteiger partial charge on any atom is 0.349 e. The van der Waals surface area contributed by atoms with Crippen molar-refractivity contribution in [1.82, 2.24) is 5.32 Å². The minimum atomic E-state index is -0.990. The van der Waals surface area contributed by atoms with Gasteiger partial charge in [0, 0.05) is 12.7 Å². The summed E-state index contributed by atoms with van der Waals surface area (Å²) < 4.78 is 10.5. The Morgan fingerprint density at radius 3 is 2.35 bits per heavy atom. The predicted molar refractivity (Wildman–Crippen MR) is 88.7 cm³/mol. The fourth-order valence-corrected chi connectivity index (χ4v) is 1.94. The van der Waals surface area contributed by atoms with Crippen molar-refractivity contribution in [2.24, 2.45) is 0 Å². The number of esters is 2. The average molecular weight is 339 g/mol. The van der Waals surface area contributed by atoms with Gasteiger partial charge < -0.3 is 14.8 Å². The lowest BCUT2D eigenvalue weighted by molar-refractivity contribution is -0.141. The molecule has 0 radical (unpaired) electrons. The minimum Gasteiger partial charge on any atom is -0.487 e. The van der Waals surface area contributed by atoms with Crippen molar-refractivity contribution < 1.29 is 23.9 Å². The predicted octanol–water partition coefficient (Wildman–Crippen LogP) is 1.98. The van der Waals surface area contributed by atoms with Crippen molar-refractivity contribution in [3.63, 3.8) is 0 Å². The third-order valence-electron chi connectivity index (χ3n) is 2.56.